The molecule has 1 heteroatoms. The molecule has 0 N–H and O–H groups in total. The third-order valence-electron chi connectivity index (χ3n) is 8.34. The maximum atomic E-state index is 2.48. The topological polar surface area (TPSA) is 4.93 Å². The van der Waals surface area contributed by atoms with Crippen LogP contribution in [0.3, 0.4) is 0 Å². The van der Waals surface area contributed by atoms with Gasteiger partial charge < -0.3 is 4.57 Å². The standard InChI is InChI=1S/C35H25N/c1-35(2)30-20-29-26-15-7-8-16-32(26)36(31-17-9-12-22-10-3-5-13-24(22)31)33(29)21-28(30)27-19-18-23-11-4-6-14-25(23)34(27)35/h3-21H,1-2H3. The van der Waals surface area contributed by atoms with E-state index >= 15 is 0 Å². The first kappa shape index (κ1) is 19.9. The van der Waals surface area contributed by atoms with Crippen molar-refractivity contribution in [2.75, 3.05) is 0 Å². The Labute approximate surface area is 210 Å². The fourth-order valence-electron chi connectivity index (χ4n) is 6.72. The van der Waals surface area contributed by atoms with Gasteiger partial charge in [0.05, 0.1) is 16.7 Å². The van der Waals surface area contributed by atoms with Crippen molar-refractivity contribution in [3.8, 4) is 16.8 Å². The van der Waals surface area contributed by atoms with E-state index in [0.29, 0.717) is 0 Å². The molecule has 0 atom stereocenters. The van der Waals surface area contributed by atoms with Crippen molar-refractivity contribution in [1.82, 2.24) is 4.57 Å². The van der Waals surface area contributed by atoms with E-state index in [2.05, 4.69) is 134 Å². The fourth-order valence-corrected chi connectivity index (χ4v) is 6.72. The summed E-state index contributed by atoms with van der Waals surface area (Å²) in [5.74, 6) is 0. The molecule has 1 aliphatic carbocycles. The largest absolute Gasteiger partial charge is 0.309 e. The molecule has 0 spiro atoms. The molecule has 0 saturated heterocycles. The molecule has 0 unspecified atom stereocenters. The van der Waals surface area contributed by atoms with Gasteiger partial charge in [0.1, 0.15) is 0 Å². The van der Waals surface area contributed by atoms with Gasteiger partial charge in [-0.05, 0) is 62.7 Å². The third kappa shape index (κ3) is 2.45. The molecule has 0 fully saturated rings. The molecule has 1 nitrogen and oxygen atoms in total. The summed E-state index contributed by atoms with van der Waals surface area (Å²) in [7, 11) is 0. The van der Waals surface area contributed by atoms with Crippen LogP contribution < -0.4 is 0 Å². The van der Waals surface area contributed by atoms with Gasteiger partial charge in [-0.3, -0.25) is 0 Å². The summed E-state index contributed by atoms with van der Waals surface area (Å²) in [6.07, 6.45) is 0. The summed E-state index contributed by atoms with van der Waals surface area (Å²) in [6.45, 7) is 4.78. The van der Waals surface area contributed by atoms with Crippen LogP contribution >= 0.6 is 0 Å². The summed E-state index contributed by atoms with van der Waals surface area (Å²) < 4.78 is 2.47. The van der Waals surface area contributed by atoms with E-state index in [1.165, 1.54) is 71.3 Å². The lowest BCUT2D eigenvalue weighted by molar-refractivity contribution is 0.667. The van der Waals surface area contributed by atoms with Crippen LogP contribution in [0.1, 0.15) is 25.0 Å². The van der Waals surface area contributed by atoms with Crippen LogP contribution in [-0.2, 0) is 5.41 Å². The van der Waals surface area contributed by atoms with E-state index in [4.69, 9.17) is 0 Å². The lowest BCUT2D eigenvalue weighted by Crippen LogP contribution is -2.15. The molecule has 0 saturated carbocycles. The molecular formula is C35H25N. The Morgan fingerprint density at radius 1 is 0.500 bits per heavy atom. The zero-order valence-electron chi connectivity index (χ0n) is 20.4. The van der Waals surface area contributed by atoms with Crippen molar-refractivity contribution in [3.05, 3.63) is 126 Å². The molecule has 8 rings (SSSR count). The van der Waals surface area contributed by atoms with Crippen molar-refractivity contribution in [3.63, 3.8) is 0 Å². The maximum Gasteiger partial charge on any atom is 0.0547 e. The van der Waals surface area contributed by atoms with Crippen molar-refractivity contribution in [2.24, 2.45) is 0 Å². The summed E-state index contributed by atoms with van der Waals surface area (Å²) in [5, 5.41) is 7.84. The van der Waals surface area contributed by atoms with Gasteiger partial charge in [0.15, 0.2) is 0 Å². The van der Waals surface area contributed by atoms with Crippen LogP contribution in [0.15, 0.2) is 115 Å². The first-order valence-electron chi connectivity index (χ1n) is 12.7. The molecule has 1 heterocycles. The first-order chi connectivity index (χ1) is 17.6. The van der Waals surface area contributed by atoms with Crippen LogP contribution in [0.5, 0.6) is 0 Å². The predicted molar refractivity (Wildman–Crippen MR) is 153 cm³/mol. The molecule has 0 bridgehead atoms. The number of fused-ring (bicyclic) bond motifs is 9. The summed E-state index contributed by atoms with van der Waals surface area (Å²) >= 11 is 0. The summed E-state index contributed by atoms with van der Waals surface area (Å²) in [5.41, 5.74) is 9.28. The number of hydrogen-bond acceptors (Lipinski definition) is 0. The molecule has 170 valence electrons. The van der Waals surface area contributed by atoms with Gasteiger partial charge in [0.2, 0.25) is 0 Å². The van der Waals surface area contributed by atoms with Gasteiger partial charge in [-0.2, -0.15) is 0 Å². The lowest BCUT2D eigenvalue weighted by Gasteiger charge is -2.23. The van der Waals surface area contributed by atoms with Crippen molar-refractivity contribution >= 4 is 43.4 Å². The average molecular weight is 460 g/mol. The Hall–Kier alpha value is -4.36. The minimum atomic E-state index is -0.0671. The maximum absolute atomic E-state index is 2.48. The highest BCUT2D eigenvalue weighted by molar-refractivity contribution is 6.13. The van der Waals surface area contributed by atoms with Crippen LogP contribution in [0, 0.1) is 0 Å². The molecule has 36 heavy (non-hydrogen) atoms. The Balaban J connectivity index is 1.53. The highest BCUT2D eigenvalue weighted by Crippen LogP contribution is 2.53. The molecule has 0 aliphatic heterocycles. The minimum Gasteiger partial charge on any atom is -0.309 e. The molecular weight excluding hydrogens is 434 g/mol. The van der Waals surface area contributed by atoms with Gasteiger partial charge in [0, 0.05) is 21.6 Å². The Morgan fingerprint density at radius 3 is 2.00 bits per heavy atom. The van der Waals surface area contributed by atoms with Gasteiger partial charge >= 0.3 is 0 Å². The summed E-state index contributed by atoms with van der Waals surface area (Å²) in [6, 6.07) is 42.6. The number of nitrogens with zero attached hydrogens (tertiary/aromatic N) is 1. The third-order valence-corrected chi connectivity index (χ3v) is 8.34. The number of benzene rings is 6. The van der Waals surface area contributed by atoms with Gasteiger partial charge in [-0.1, -0.05) is 105 Å². The molecule has 0 radical (unpaired) electrons. The number of aromatic nitrogens is 1. The SMILES string of the molecule is CC1(C)c2cc3c4ccccc4n(-c4cccc5ccccc45)c3cc2-c2ccc3ccccc3c21. The lowest BCUT2D eigenvalue weighted by atomic mass is 9.80. The normalized spacial score (nSPS) is 14.1. The van der Waals surface area contributed by atoms with Crippen LogP contribution in [0.25, 0.3) is 60.2 Å². The molecule has 1 aliphatic rings. The van der Waals surface area contributed by atoms with Gasteiger partial charge in [-0.15, -0.1) is 0 Å². The predicted octanol–water partition coefficient (Wildman–Crippen LogP) is 9.40. The second-order valence-corrected chi connectivity index (χ2v) is 10.6. The van der Waals surface area contributed by atoms with Crippen LogP contribution in [0.4, 0.5) is 0 Å². The van der Waals surface area contributed by atoms with E-state index < -0.39 is 0 Å². The van der Waals surface area contributed by atoms with Crippen LogP contribution in [-0.4, -0.2) is 4.57 Å². The van der Waals surface area contributed by atoms with E-state index in [0.717, 1.165) is 0 Å². The van der Waals surface area contributed by atoms with E-state index in [1.807, 2.05) is 0 Å². The van der Waals surface area contributed by atoms with Crippen LogP contribution in [0.2, 0.25) is 0 Å². The fraction of sp³-hybridized carbons (Fsp3) is 0.0857. The molecule has 0 amide bonds. The average Bonchev–Trinajstić information content (AvgIpc) is 3.36. The number of rotatable bonds is 1. The second-order valence-electron chi connectivity index (χ2n) is 10.6. The van der Waals surface area contributed by atoms with Gasteiger partial charge in [0.25, 0.3) is 0 Å². The zero-order chi connectivity index (χ0) is 24.0. The van der Waals surface area contributed by atoms with E-state index in [1.54, 1.807) is 0 Å². The summed E-state index contributed by atoms with van der Waals surface area (Å²) in [4.78, 5) is 0. The number of hydrogen-bond donors (Lipinski definition) is 0. The quantitative estimate of drug-likeness (QED) is 0.230. The van der Waals surface area contributed by atoms with E-state index in [9.17, 15) is 0 Å². The molecule has 1 aromatic heterocycles. The van der Waals surface area contributed by atoms with Crippen molar-refractivity contribution < 1.29 is 0 Å². The van der Waals surface area contributed by atoms with Gasteiger partial charge in [-0.25, -0.2) is 0 Å². The zero-order valence-corrected chi connectivity index (χ0v) is 20.4. The molecule has 7 aromatic rings. The van der Waals surface area contributed by atoms with E-state index in [-0.39, 0.29) is 5.41 Å². The Kier molecular flexibility index (Phi) is 3.79. The molecule has 6 aromatic carbocycles. The second kappa shape index (κ2) is 6.86. The highest BCUT2D eigenvalue weighted by atomic mass is 15.0. The first-order valence-corrected chi connectivity index (χ1v) is 12.7. The number of para-hydroxylation sites is 1. The highest BCUT2D eigenvalue weighted by Gasteiger charge is 2.37. The monoisotopic (exact) mass is 459 g/mol. The minimum absolute atomic E-state index is 0.0671. The smallest absolute Gasteiger partial charge is 0.0547 e. The Morgan fingerprint density at radius 2 is 1.17 bits per heavy atom. The Bertz CT molecular complexity index is 2010. The van der Waals surface area contributed by atoms with Crippen molar-refractivity contribution in [1.29, 1.82) is 0 Å². The van der Waals surface area contributed by atoms with Crippen molar-refractivity contribution in [2.45, 2.75) is 19.3 Å².